The lowest BCUT2D eigenvalue weighted by molar-refractivity contribution is -0.208. The van der Waals surface area contributed by atoms with E-state index in [1.165, 1.54) is 0 Å². The molecule has 1 unspecified atom stereocenters. The van der Waals surface area contributed by atoms with Gasteiger partial charge in [0, 0.05) is 11.8 Å². The molecule has 1 atom stereocenters. The van der Waals surface area contributed by atoms with Crippen molar-refractivity contribution in [2.24, 2.45) is 0 Å². The van der Waals surface area contributed by atoms with Gasteiger partial charge in [-0.15, -0.1) is 0 Å². The first kappa shape index (κ1) is 16.8. The molecular weight excluding hydrogens is 329 g/mol. The fourth-order valence-electron chi connectivity index (χ4n) is 2.94. The topological polar surface area (TPSA) is 33.1 Å². The number of nitrogens with zero attached hydrogens (tertiary/aromatic N) is 1. The third-order valence-electron chi connectivity index (χ3n) is 4.21. The van der Waals surface area contributed by atoms with Crippen molar-refractivity contribution in [2.45, 2.75) is 38.0 Å². The predicted molar refractivity (Wildman–Crippen MR) is 77.2 cm³/mol. The van der Waals surface area contributed by atoms with E-state index in [1.54, 1.807) is 12.3 Å². The van der Waals surface area contributed by atoms with Crippen molar-refractivity contribution in [3.8, 4) is 11.3 Å². The van der Waals surface area contributed by atoms with Crippen molar-refractivity contribution >= 4 is 0 Å². The van der Waals surface area contributed by atoms with E-state index in [2.05, 4.69) is 4.98 Å². The van der Waals surface area contributed by atoms with Crippen LogP contribution in [0.15, 0.2) is 24.4 Å². The van der Waals surface area contributed by atoms with Gasteiger partial charge >= 0.3 is 6.18 Å². The summed E-state index contributed by atoms with van der Waals surface area (Å²) >= 11 is 0. The Hall–Kier alpha value is -2.02. The second kappa shape index (κ2) is 6.12. The van der Waals surface area contributed by atoms with Gasteiger partial charge in [0.1, 0.15) is 11.6 Å². The minimum Gasteiger partial charge on any atom is -0.379 e. The summed E-state index contributed by atoms with van der Waals surface area (Å²) in [6, 6.07) is 3.37. The van der Waals surface area contributed by atoms with E-state index in [9.17, 15) is 27.1 Å². The number of aromatic nitrogens is 1. The van der Waals surface area contributed by atoms with Crippen LogP contribution >= 0.6 is 0 Å². The van der Waals surface area contributed by atoms with Crippen LogP contribution in [0.2, 0.25) is 0 Å². The van der Waals surface area contributed by atoms with E-state index in [1.807, 2.05) is 0 Å². The van der Waals surface area contributed by atoms with Crippen molar-refractivity contribution in [3.63, 3.8) is 0 Å². The van der Waals surface area contributed by atoms with Crippen LogP contribution in [0.3, 0.4) is 0 Å². The summed E-state index contributed by atoms with van der Waals surface area (Å²) in [5, 5.41) is 9.26. The number of aliphatic hydroxyl groups is 1. The molecule has 0 amide bonds. The number of alkyl halides is 3. The molecule has 1 aromatic carbocycles. The fraction of sp³-hybridized carbons (Fsp3) is 0.353. The number of pyridine rings is 1. The second-order valence-electron chi connectivity index (χ2n) is 5.81. The first-order chi connectivity index (χ1) is 11.3. The molecule has 0 saturated carbocycles. The summed E-state index contributed by atoms with van der Waals surface area (Å²) in [4.78, 5) is 4.09. The maximum absolute atomic E-state index is 14.5. The zero-order valence-corrected chi connectivity index (χ0v) is 12.5. The first-order valence-corrected chi connectivity index (χ1v) is 7.50. The zero-order chi connectivity index (χ0) is 17.5. The van der Waals surface area contributed by atoms with E-state index >= 15 is 0 Å². The highest BCUT2D eigenvalue weighted by molar-refractivity contribution is 5.63. The molecule has 1 aromatic heterocycles. The third-order valence-corrected chi connectivity index (χ3v) is 4.21. The molecule has 0 fully saturated rings. The molecule has 0 spiro atoms. The van der Waals surface area contributed by atoms with Crippen molar-refractivity contribution in [3.05, 3.63) is 52.7 Å². The Kier molecular flexibility index (Phi) is 4.29. The molecule has 7 heteroatoms. The molecule has 0 radical (unpaired) electrons. The number of hydrogen-bond acceptors (Lipinski definition) is 2. The Morgan fingerprint density at radius 2 is 1.71 bits per heavy atom. The predicted octanol–water partition coefficient (Wildman–Crippen LogP) is 4.50. The molecule has 3 rings (SSSR count). The van der Waals surface area contributed by atoms with Gasteiger partial charge in [-0.05, 0) is 55.0 Å². The summed E-state index contributed by atoms with van der Waals surface area (Å²) in [7, 11) is 0. The van der Waals surface area contributed by atoms with Gasteiger partial charge in [-0.1, -0.05) is 0 Å². The molecule has 0 saturated heterocycles. The SMILES string of the molecule is OC(c1c(F)ccc(-c2cc3c(cn2)CCCC3)c1F)C(F)(F)F. The largest absolute Gasteiger partial charge is 0.418 e. The maximum Gasteiger partial charge on any atom is 0.418 e. The van der Waals surface area contributed by atoms with Crippen LogP contribution in [0, 0.1) is 11.6 Å². The van der Waals surface area contributed by atoms with E-state index in [4.69, 9.17) is 0 Å². The van der Waals surface area contributed by atoms with Crippen LogP contribution < -0.4 is 0 Å². The number of hydrogen-bond donors (Lipinski definition) is 1. The monoisotopic (exact) mass is 343 g/mol. The van der Waals surface area contributed by atoms with E-state index < -0.39 is 29.5 Å². The molecule has 2 nitrogen and oxygen atoms in total. The quantitative estimate of drug-likeness (QED) is 0.815. The molecule has 1 aliphatic rings. The minimum absolute atomic E-state index is 0.128. The molecule has 1 heterocycles. The third kappa shape index (κ3) is 3.00. The van der Waals surface area contributed by atoms with Gasteiger partial charge in [-0.25, -0.2) is 8.78 Å². The summed E-state index contributed by atoms with van der Waals surface area (Å²) in [5.74, 6) is -2.89. The molecule has 2 aromatic rings. The van der Waals surface area contributed by atoms with E-state index in [-0.39, 0.29) is 11.3 Å². The maximum atomic E-state index is 14.5. The minimum atomic E-state index is -5.16. The van der Waals surface area contributed by atoms with E-state index in [0.717, 1.165) is 42.9 Å². The van der Waals surface area contributed by atoms with Crippen LogP contribution in [0.4, 0.5) is 22.0 Å². The lowest BCUT2D eigenvalue weighted by atomic mass is 9.91. The standard InChI is InChI=1S/C17H14F5NO/c18-12-6-5-11(15(19)14(12)16(24)17(20,21)22)13-7-9-3-1-2-4-10(9)8-23-13/h5-8,16,24H,1-4H2. The van der Waals surface area contributed by atoms with Gasteiger partial charge in [0.15, 0.2) is 6.10 Å². The molecule has 24 heavy (non-hydrogen) atoms. The summed E-state index contributed by atoms with van der Waals surface area (Å²) in [6.45, 7) is 0. The summed E-state index contributed by atoms with van der Waals surface area (Å²) in [6.07, 6.45) is -3.18. The van der Waals surface area contributed by atoms with Gasteiger partial charge in [0.05, 0.1) is 11.3 Å². The number of aryl methyl sites for hydroxylation is 2. The first-order valence-electron chi connectivity index (χ1n) is 7.50. The second-order valence-corrected chi connectivity index (χ2v) is 5.81. The van der Waals surface area contributed by atoms with Crippen molar-refractivity contribution < 1.29 is 27.1 Å². The Morgan fingerprint density at radius 1 is 1.04 bits per heavy atom. The Morgan fingerprint density at radius 3 is 2.38 bits per heavy atom. The average molecular weight is 343 g/mol. The lowest BCUT2D eigenvalue weighted by Crippen LogP contribution is -2.23. The van der Waals surface area contributed by atoms with Gasteiger partial charge < -0.3 is 5.11 Å². The highest BCUT2D eigenvalue weighted by atomic mass is 19.4. The number of fused-ring (bicyclic) bond motifs is 1. The highest BCUT2D eigenvalue weighted by Gasteiger charge is 2.43. The Bertz CT molecular complexity index is 772. The Balaban J connectivity index is 2.10. The van der Waals surface area contributed by atoms with Crippen molar-refractivity contribution in [1.29, 1.82) is 0 Å². The molecule has 0 aliphatic heterocycles. The van der Waals surface area contributed by atoms with Crippen LogP contribution in [-0.4, -0.2) is 16.3 Å². The van der Waals surface area contributed by atoms with Gasteiger partial charge in [0.25, 0.3) is 0 Å². The fourth-order valence-corrected chi connectivity index (χ4v) is 2.94. The van der Waals surface area contributed by atoms with Crippen LogP contribution in [0.5, 0.6) is 0 Å². The summed E-state index contributed by atoms with van der Waals surface area (Å²) in [5.41, 5.74) is 0.460. The van der Waals surface area contributed by atoms with Crippen molar-refractivity contribution in [2.75, 3.05) is 0 Å². The Labute approximate surface area is 135 Å². The van der Waals surface area contributed by atoms with Crippen LogP contribution in [0.1, 0.15) is 35.6 Å². The molecule has 128 valence electrons. The number of benzene rings is 1. The highest BCUT2D eigenvalue weighted by Crippen LogP contribution is 2.38. The molecule has 1 N–H and O–H groups in total. The molecular formula is C17H14F5NO. The van der Waals surface area contributed by atoms with Gasteiger partial charge in [0.2, 0.25) is 0 Å². The normalized spacial score (nSPS) is 15.9. The number of halogens is 5. The number of aliphatic hydroxyl groups excluding tert-OH is 1. The molecule has 0 bridgehead atoms. The average Bonchev–Trinajstić information content (AvgIpc) is 2.53. The van der Waals surface area contributed by atoms with Crippen molar-refractivity contribution in [1.82, 2.24) is 4.98 Å². The van der Waals surface area contributed by atoms with Crippen LogP contribution in [-0.2, 0) is 12.8 Å². The summed E-state index contributed by atoms with van der Waals surface area (Å²) < 4.78 is 66.1. The van der Waals surface area contributed by atoms with E-state index in [0.29, 0.717) is 6.07 Å². The molecule has 1 aliphatic carbocycles. The number of rotatable bonds is 2. The lowest BCUT2D eigenvalue weighted by Gasteiger charge is -2.19. The van der Waals surface area contributed by atoms with Crippen LogP contribution in [0.25, 0.3) is 11.3 Å². The zero-order valence-electron chi connectivity index (χ0n) is 12.5. The van der Waals surface area contributed by atoms with Gasteiger partial charge in [-0.2, -0.15) is 13.2 Å². The van der Waals surface area contributed by atoms with Gasteiger partial charge in [-0.3, -0.25) is 4.98 Å². The smallest absolute Gasteiger partial charge is 0.379 e.